The second-order valence-corrected chi connectivity index (χ2v) is 7.71. The number of ether oxygens (including phenoxy) is 2. The molecule has 1 N–H and O–H groups in total. The highest BCUT2D eigenvalue weighted by Gasteiger charge is 2.26. The number of carbonyl (C=O) groups excluding carboxylic acids is 2. The number of alkyl carbamates (subject to hydrolysis) is 1. The quantitative estimate of drug-likeness (QED) is 0.811. The van der Waals surface area contributed by atoms with Gasteiger partial charge in [-0.1, -0.05) is 30.3 Å². The first kappa shape index (κ1) is 19.3. The van der Waals surface area contributed by atoms with Crippen molar-refractivity contribution in [2.75, 3.05) is 0 Å². The molecule has 1 aliphatic carbocycles. The molecule has 0 saturated heterocycles. The van der Waals surface area contributed by atoms with Gasteiger partial charge in [0.1, 0.15) is 12.2 Å². The summed E-state index contributed by atoms with van der Waals surface area (Å²) in [6, 6.07) is 9.74. The standard InChI is InChI=1S/C20H29NO4/c1-20(2,3)25-18(22)13-15-9-11-17(12-10-15)21-19(23)24-14-16-7-5-4-6-8-16/h4-8,15,17H,9-14H2,1-3H3,(H,21,23)/t15-,17-. The summed E-state index contributed by atoms with van der Waals surface area (Å²) >= 11 is 0. The Balaban J connectivity index is 1.64. The fraction of sp³-hybridized carbons (Fsp3) is 0.600. The van der Waals surface area contributed by atoms with E-state index < -0.39 is 5.60 Å². The lowest BCUT2D eigenvalue weighted by atomic mass is 9.84. The number of carbonyl (C=O) groups is 2. The Morgan fingerprint density at radius 3 is 2.32 bits per heavy atom. The lowest BCUT2D eigenvalue weighted by molar-refractivity contribution is -0.156. The first-order valence-electron chi connectivity index (χ1n) is 9.01. The summed E-state index contributed by atoms with van der Waals surface area (Å²) in [4.78, 5) is 23.8. The van der Waals surface area contributed by atoms with Gasteiger partial charge in [-0.05, 0) is 57.9 Å². The van der Waals surface area contributed by atoms with Crippen molar-refractivity contribution in [2.24, 2.45) is 5.92 Å². The van der Waals surface area contributed by atoms with Crippen LogP contribution in [0.2, 0.25) is 0 Å². The number of nitrogens with one attached hydrogen (secondary N) is 1. The molecule has 5 heteroatoms. The molecular formula is C20H29NO4. The molecular weight excluding hydrogens is 318 g/mol. The minimum atomic E-state index is -0.432. The summed E-state index contributed by atoms with van der Waals surface area (Å²) in [5.41, 5.74) is 0.539. The van der Waals surface area contributed by atoms with E-state index in [0.717, 1.165) is 31.2 Å². The minimum Gasteiger partial charge on any atom is -0.460 e. The molecule has 1 saturated carbocycles. The summed E-state index contributed by atoms with van der Waals surface area (Å²) in [6.07, 6.45) is 3.66. The molecule has 138 valence electrons. The Morgan fingerprint density at radius 2 is 1.72 bits per heavy atom. The van der Waals surface area contributed by atoms with Crippen LogP contribution in [0.4, 0.5) is 4.79 Å². The summed E-state index contributed by atoms with van der Waals surface area (Å²) in [5.74, 6) is 0.208. The maximum Gasteiger partial charge on any atom is 0.407 e. The fourth-order valence-corrected chi connectivity index (χ4v) is 3.06. The van der Waals surface area contributed by atoms with Gasteiger partial charge < -0.3 is 14.8 Å². The zero-order valence-electron chi connectivity index (χ0n) is 15.4. The van der Waals surface area contributed by atoms with Crippen LogP contribution in [0.25, 0.3) is 0 Å². The Bertz CT molecular complexity index is 557. The second-order valence-electron chi connectivity index (χ2n) is 7.71. The Kier molecular flexibility index (Phi) is 6.85. The fourth-order valence-electron chi connectivity index (χ4n) is 3.06. The number of hydrogen-bond acceptors (Lipinski definition) is 4. The molecule has 0 bridgehead atoms. The third-order valence-corrected chi connectivity index (χ3v) is 4.26. The van der Waals surface area contributed by atoms with Crippen LogP contribution >= 0.6 is 0 Å². The van der Waals surface area contributed by atoms with Crippen LogP contribution in [-0.2, 0) is 20.9 Å². The molecule has 1 aromatic carbocycles. The number of benzene rings is 1. The van der Waals surface area contributed by atoms with Crippen molar-refractivity contribution in [1.82, 2.24) is 5.32 Å². The van der Waals surface area contributed by atoms with E-state index in [1.54, 1.807) is 0 Å². The van der Waals surface area contributed by atoms with Gasteiger partial charge in [-0.2, -0.15) is 0 Å². The van der Waals surface area contributed by atoms with Crippen LogP contribution in [0, 0.1) is 5.92 Å². The van der Waals surface area contributed by atoms with Crippen LogP contribution in [0.3, 0.4) is 0 Å². The minimum absolute atomic E-state index is 0.123. The average Bonchev–Trinajstić information content (AvgIpc) is 2.54. The molecule has 1 amide bonds. The SMILES string of the molecule is CC(C)(C)OC(=O)C[C@H]1CC[C@H](NC(=O)OCc2ccccc2)CC1. The second kappa shape index (κ2) is 8.88. The monoisotopic (exact) mass is 347 g/mol. The number of esters is 1. The first-order chi connectivity index (χ1) is 11.8. The van der Waals surface area contributed by atoms with Gasteiger partial charge in [-0.3, -0.25) is 4.79 Å². The van der Waals surface area contributed by atoms with Gasteiger partial charge in [0.2, 0.25) is 0 Å². The van der Waals surface area contributed by atoms with E-state index in [9.17, 15) is 9.59 Å². The maximum absolute atomic E-state index is 11.9. The van der Waals surface area contributed by atoms with Crippen LogP contribution in [0.5, 0.6) is 0 Å². The summed E-state index contributed by atoms with van der Waals surface area (Å²) in [7, 11) is 0. The van der Waals surface area contributed by atoms with E-state index in [1.165, 1.54) is 0 Å². The number of amides is 1. The van der Waals surface area contributed by atoms with Gasteiger partial charge in [0.05, 0.1) is 0 Å². The van der Waals surface area contributed by atoms with Crippen molar-refractivity contribution < 1.29 is 19.1 Å². The van der Waals surface area contributed by atoms with Crippen LogP contribution in [-0.4, -0.2) is 23.7 Å². The van der Waals surface area contributed by atoms with Gasteiger partial charge in [0.25, 0.3) is 0 Å². The zero-order chi connectivity index (χ0) is 18.3. The van der Waals surface area contributed by atoms with Crippen molar-refractivity contribution in [3.8, 4) is 0 Å². The third kappa shape index (κ3) is 7.59. The summed E-state index contributed by atoms with van der Waals surface area (Å²) in [6.45, 7) is 5.92. The molecule has 0 aromatic heterocycles. The molecule has 1 fully saturated rings. The lowest BCUT2D eigenvalue weighted by Gasteiger charge is -2.29. The molecule has 5 nitrogen and oxygen atoms in total. The molecule has 1 aliphatic rings. The van der Waals surface area contributed by atoms with Gasteiger partial charge in [-0.15, -0.1) is 0 Å². The van der Waals surface area contributed by atoms with Crippen LogP contribution in [0.1, 0.15) is 58.4 Å². The first-order valence-corrected chi connectivity index (χ1v) is 9.01. The van der Waals surface area contributed by atoms with Gasteiger partial charge in [-0.25, -0.2) is 4.79 Å². The largest absolute Gasteiger partial charge is 0.460 e. The third-order valence-electron chi connectivity index (χ3n) is 4.26. The van der Waals surface area contributed by atoms with E-state index in [0.29, 0.717) is 12.3 Å². The predicted molar refractivity (Wildman–Crippen MR) is 96.0 cm³/mol. The molecule has 0 radical (unpaired) electrons. The van der Waals surface area contributed by atoms with E-state index in [2.05, 4.69) is 5.32 Å². The van der Waals surface area contributed by atoms with Crippen molar-refractivity contribution >= 4 is 12.1 Å². The normalized spacial score (nSPS) is 20.6. The van der Waals surface area contributed by atoms with Crippen LogP contribution in [0.15, 0.2) is 30.3 Å². The van der Waals surface area contributed by atoms with Crippen molar-refractivity contribution in [3.63, 3.8) is 0 Å². The average molecular weight is 347 g/mol. The highest BCUT2D eigenvalue weighted by Crippen LogP contribution is 2.28. The van der Waals surface area contributed by atoms with Crippen molar-refractivity contribution in [1.29, 1.82) is 0 Å². The Labute approximate surface area is 150 Å². The molecule has 25 heavy (non-hydrogen) atoms. The number of rotatable bonds is 5. The smallest absolute Gasteiger partial charge is 0.407 e. The molecule has 0 aliphatic heterocycles. The van der Waals surface area contributed by atoms with Gasteiger partial charge in [0.15, 0.2) is 0 Å². The van der Waals surface area contributed by atoms with Gasteiger partial charge in [0, 0.05) is 12.5 Å². The molecule has 2 rings (SSSR count). The molecule has 0 spiro atoms. The molecule has 0 heterocycles. The van der Waals surface area contributed by atoms with E-state index >= 15 is 0 Å². The van der Waals surface area contributed by atoms with Gasteiger partial charge >= 0.3 is 12.1 Å². The predicted octanol–water partition coefficient (Wildman–Crippen LogP) is 4.20. The Hall–Kier alpha value is -2.04. The van der Waals surface area contributed by atoms with E-state index in [4.69, 9.17) is 9.47 Å². The van der Waals surface area contributed by atoms with E-state index in [1.807, 2.05) is 51.1 Å². The highest BCUT2D eigenvalue weighted by molar-refractivity contribution is 5.70. The summed E-state index contributed by atoms with van der Waals surface area (Å²) < 4.78 is 10.6. The van der Waals surface area contributed by atoms with E-state index in [-0.39, 0.29) is 24.7 Å². The number of hydrogen-bond donors (Lipinski definition) is 1. The van der Waals surface area contributed by atoms with Crippen molar-refractivity contribution in [3.05, 3.63) is 35.9 Å². The van der Waals surface area contributed by atoms with Crippen LogP contribution < -0.4 is 5.32 Å². The lowest BCUT2D eigenvalue weighted by Crippen LogP contribution is -2.38. The molecule has 0 unspecified atom stereocenters. The summed E-state index contributed by atoms with van der Waals surface area (Å²) in [5, 5.41) is 2.92. The topological polar surface area (TPSA) is 64.6 Å². The zero-order valence-corrected chi connectivity index (χ0v) is 15.4. The molecule has 1 aromatic rings. The highest BCUT2D eigenvalue weighted by atomic mass is 16.6. The Morgan fingerprint density at radius 1 is 1.08 bits per heavy atom. The molecule has 0 atom stereocenters. The van der Waals surface area contributed by atoms with Crippen molar-refractivity contribution in [2.45, 2.75) is 71.1 Å². The maximum atomic E-state index is 11.9.